The lowest BCUT2D eigenvalue weighted by molar-refractivity contribution is -0.146. The zero-order valence-corrected chi connectivity index (χ0v) is 22.2. The molecular formula is C28H36ClNO7. The first-order chi connectivity index (χ1) is 17.9. The largest absolute Gasteiger partial charge is 0.478 e. The molecular weight excluding hydrogens is 498 g/mol. The Labute approximate surface area is 223 Å². The molecule has 2 N–H and O–H groups in total. The summed E-state index contributed by atoms with van der Waals surface area (Å²) in [6, 6.07) is 13.1. The van der Waals surface area contributed by atoms with Crippen LogP contribution in [0.3, 0.4) is 0 Å². The molecule has 1 fully saturated rings. The van der Waals surface area contributed by atoms with Crippen LogP contribution in [0.1, 0.15) is 62.7 Å². The van der Waals surface area contributed by atoms with Crippen LogP contribution >= 0.6 is 11.6 Å². The highest BCUT2D eigenvalue weighted by molar-refractivity contribution is 6.30. The third-order valence-electron chi connectivity index (χ3n) is 6.25. The zero-order valence-electron chi connectivity index (χ0n) is 21.4. The van der Waals surface area contributed by atoms with Crippen LogP contribution in [0.15, 0.2) is 42.5 Å². The molecule has 1 saturated carbocycles. The molecule has 0 aliphatic heterocycles. The minimum absolute atomic E-state index is 0.247. The van der Waals surface area contributed by atoms with Gasteiger partial charge in [0.05, 0.1) is 19.3 Å². The molecule has 2 aromatic carbocycles. The van der Waals surface area contributed by atoms with E-state index in [2.05, 4.69) is 5.32 Å². The Morgan fingerprint density at radius 2 is 1.70 bits per heavy atom. The first-order valence-corrected chi connectivity index (χ1v) is 13.1. The molecule has 0 aromatic heterocycles. The van der Waals surface area contributed by atoms with E-state index in [0.29, 0.717) is 23.1 Å². The first kappa shape index (κ1) is 28.8. The fourth-order valence-electron chi connectivity index (χ4n) is 4.48. The molecule has 3 atom stereocenters. The van der Waals surface area contributed by atoms with Gasteiger partial charge in [0.15, 0.2) is 24.7 Å². The molecule has 3 rings (SSSR count). The first-order valence-electron chi connectivity index (χ1n) is 12.8. The molecule has 0 radical (unpaired) electrons. The average Bonchev–Trinajstić information content (AvgIpc) is 2.90. The second-order valence-corrected chi connectivity index (χ2v) is 9.37. The Morgan fingerprint density at radius 1 is 1.00 bits per heavy atom. The molecule has 2 aromatic rings. The van der Waals surface area contributed by atoms with Gasteiger partial charge in [0.25, 0.3) is 0 Å². The Hall–Kier alpha value is -2.81. The summed E-state index contributed by atoms with van der Waals surface area (Å²) in [6.45, 7) is 3.90. The standard InChI is InChI=1S/C28H36ClNO7/c1-3-34-27(32)17-36-25-12-11-20(15-26(25)37-18-28(33)35-4-2)19-7-6-10-23(14-19)30-16-24(31)21-8-5-9-22(29)13-21/h5,8-9,11-13,15,19,23-24,30-31H,3-4,6-7,10,14,16-18H2,1-2H3/t19?,23?,24-/m0/s1. The number of carbonyl (C=O) groups excluding carboxylic acids is 2. The smallest absolute Gasteiger partial charge is 0.344 e. The van der Waals surface area contributed by atoms with Gasteiger partial charge in [-0.3, -0.25) is 0 Å². The SMILES string of the molecule is CCOC(=O)COc1ccc(C2CCCC(NC[C@H](O)c3cccc(Cl)c3)C2)cc1OCC(=O)OCC. The molecule has 37 heavy (non-hydrogen) atoms. The highest BCUT2D eigenvalue weighted by atomic mass is 35.5. The van der Waals surface area contributed by atoms with Gasteiger partial charge in [-0.25, -0.2) is 9.59 Å². The molecule has 9 heteroatoms. The Balaban J connectivity index is 1.65. The lowest BCUT2D eigenvalue weighted by atomic mass is 9.81. The number of ether oxygens (including phenoxy) is 4. The molecule has 0 spiro atoms. The number of aliphatic hydroxyl groups is 1. The summed E-state index contributed by atoms with van der Waals surface area (Å²) in [5.41, 5.74) is 1.85. The molecule has 1 aliphatic carbocycles. The quantitative estimate of drug-likeness (QED) is 0.361. The maximum absolute atomic E-state index is 11.9. The molecule has 2 unspecified atom stereocenters. The maximum Gasteiger partial charge on any atom is 0.344 e. The Morgan fingerprint density at radius 3 is 2.38 bits per heavy atom. The summed E-state index contributed by atoms with van der Waals surface area (Å²) in [6.07, 6.45) is 3.32. The number of esters is 2. The molecule has 202 valence electrons. The number of benzene rings is 2. The number of aliphatic hydroxyl groups excluding tert-OH is 1. The van der Waals surface area contributed by atoms with Gasteiger partial charge in [-0.1, -0.05) is 36.2 Å². The monoisotopic (exact) mass is 533 g/mol. The Kier molecular flexibility index (Phi) is 11.5. The predicted octanol–water partition coefficient (Wildman–Crippen LogP) is 4.57. The van der Waals surface area contributed by atoms with Crippen LogP contribution < -0.4 is 14.8 Å². The number of hydrogen-bond donors (Lipinski definition) is 2. The highest BCUT2D eigenvalue weighted by Crippen LogP contribution is 2.38. The van der Waals surface area contributed by atoms with Crippen LogP contribution in [-0.4, -0.2) is 56.1 Å². The van der Waals surface area contributed by atoms with E-state index in [-0.39, 0.29) is 38.4 Å². The van der Waals surface area contributed by atoms with Gasteiger partial charge in [0.2, 0.25) is 0 Å². The molecule has 8 nitrogen and oxygen atoms in total. The zero-order chi connectivity index (χ0) is 26.6. The summed E-state index contributed by atoms with van der Waals surface area (Å²) in [7, 11) is 0. The van der Waals surface area contributed by atoms with E-state index in [1.54, 1.807) is 32.0 Å². The van der Waals surface area contributed by atoms with E-state index in [0.717, 1.165) is 36.8 Å². The number of halogens is 1. The van der Waals surface area contributed by atoms with Crippen LogP contribution in [0, 0.1) is 0 Å². The van der Waals surface area contributed by atoms with Gasteiger partial charge < -0.3 is 29.4 Å². The van der Waals surface area contributed by atoms with E-state index in [4.69, 9.17) is 30.5 Å². The summed E-state index contributed by atoms with van der Waals surface area (Å²) < 4.78 is 21.2. The molecule has 1 aliphatic rings. The van der Waals surface area contributed by atoms with Crippen molar-refractivity contribution in [3.63, 3.8) is 0 Å². The minimum Gasteiger partial charge on any atom is -0.478 e. The van der Waals surface area contributed by atoms with Crippen molar-refractivity contribution in [2.75, 3.05) is 33.0 Å². The molecule has 0 saturated heterocycles. The van der Waals surface area contributed by atoms with Crippen molar-refractivity contribution < 1.29 is 33.6 Å². The van der Waals surface area contributed by atoms with Crippen molar-refractivity contribution >= 4 is 23.5 Å². The van der Waals surface area contributed by atoms with Gasteiger partial charge in [-0.15, -0.1) is 0 Å². The summed E-state index contributed by atoms with van der Waals surface area (Å²) >= 11 is 6.05. The van der Waals surface area contributed by atoms with Gasteiger partial charge >= 0.3 is 11.9 Å². The van der Waals surface area contributed by atoms with Crippen molar-refractivity contribution in [3.8, 4) is 11.5 Å². The van der Waals surface area contributed by atoms with Crippen LogP contribution in [0.5, 0.6) is 11.5 Å². The van der Waals surface area contributed by atoms with Crippen molar-refractivity contribution in [2.45, 2.75) is 57.6 Å². The van der Waals surface area contributed by atoms with Gasteiger partial charge in [-0.2, -0.15) is 0 Å². The van der Waals surface area contributed by atoms with Crippen molar-refractivity contribution in [1.29, 1.82) is 0 Å². The maximum atomic E-state index is 11.9. The summed E-state index contributed by atoms with van der Waals surface area (Å²) in [5, 5.41) is 14.7. The summed E-state index contributed by atoms with van der Waals surface area (Å²) in [4.78, 5) is 23.6. The molecule has 0 bridgehead atoms. The predicted molar refractivity (Wildman–Crippen MR) is 140 cm³/mol. The average molecular weight is 534 g/mol. The third-order valence-corrected chi connectivity index (χ3v) is 6.48. The van der Waals surface area contributed by atoms with E-state index in [1.165, 1.54) is 0 Å². The lowest BCUT2D eigenvalue weighted by Crippen LogP contribution is -2.36. The van der Waals surface area contributed by atoms with E-state index >= 15 is 0 Å². The number of carbonyl (C=O) groups is 2. The highest BCUT2D eigenvalue weighted by Gasteiger charge is 2.25. The molecule has 0 heterocycles. The van der Waals surface area contributed by atoms with Crippen LogP contribution in [0.4, 0.5) is 0 Å². The fourth-order valence-corrected chi connectivity index (χ4v) is 4.68. The van der Waals surface area contributed by atoms with Crippen molar-refractivity contribution in [2.24, 2.45) is 0 Å². The lowest BCUT2D eigenvalue weighted by Gasteiger charge is -2.31. The normalized spacial score (nSPS) is 18.1. The van der Waals surface area contributed by atoms with Crippen LogP contribution in [0.25, 0.3) is 0 Å². The van der Waals surface area contributed by atoms with Gasteiger partial charge in [-0.05, 0) is 74.4 Å². The van der Waals surface area contributed by atoms with E-state index in [9.17, 15) is 14.7 Å². The second kappa shape index (κ2) is 14.8. The summed E-state index contributed by atoms with van der Waals surface area (Å²) in [5.74, 6) is 0.0321. The van der Waals surface area contributed by atoms with E-state index in [1.807, 2.05) is 24.3 Å². The minimum atomic E-state index is -0.641. The van der Waals surface area contributed by atoms with Crippen LogP contribution in [0.2, 0.25) is 5.02 Å². The van der Waals surface area contributed by atoms with Crippen molar-refractivity contribution in [3.05, 3.63) is 58.6 Å². The topological polar surface area (TPSA) is 103 Å². The number of nitrogens with one attached hydrogen (secondary N) is 1. The number of hydrogen-bond acceptors (Lipinski definition) is 8. The Bertz CT molecular complexity index is 1030. The second-order valence-electron chi connectivity index (χ2n) is 8.93. The molecule has 0 amide bonds. The van der Waals surface area contributed by atoms with Crippen molar-refractivity contribution in [1.82, 2.24) is 5.32 Å². The van der Waals surface area contributed by atoms with E-state index < -0.39 is 18.0 Å². The number of rotatable bonds is 13. The fraction of sp³-hybridized carbons (Fsp3) is 0.500. The third kappa shape index (κ3) is 9.22. The van der Waals surface area contributed by atoms with Crippen LogP contribution in [-0.2, 0) is 19.1 Å². The van der Waals surface area contributed by atoms with Gasteiger partial charge in [0, 0.05) is 17.6 Å². The van der Waals surface area contributed by atoms with Gasteiger partial charge in [0.1, 0.15) is 0 Å².